The van der Waals surface area contributed by atoms with Gasteiger partial charge in [-0.1, -0.05) is 6.07 Å². The van der Waals surface area contributed by atoms with Crippen molar-refractivity contribution < 1.29 is 15.1 Å². The molecule has 1 aliphatic heterocycles. The maximum Gasteiger partial charge on any atom is 0.311 e. The van der Waals surface area contributed by atoms with Gasteiger partial charge in [0.25, 0.3) is 0 Å². The molecule has 0 aromatic heterocycles. The zero-order valence-corrected chi connectivity index (χ0v) is 10.7. The lowest BCUT2D eigenvalue weighted by molar-refractivity contribution is -0.385. The second-order valence-electron chi connectivity index (χ2n) is 5.01. The minimum atomic E-state index is -0.578. The van der Waals surface area contributed by atoms with Gasteiger partial charge in [0.1, 0.15) is 0 Å². The van der Waals surface area contributed by atoms with Crippen molar-refractivity contribution >= 4 is 5.69 Å². The van der Waals surface area contributed by atoms with Crippen molar-refractivity contribution in [3.05, 3.63) is 33.9 Å². The lowest BCUT2D eigenvalue weighted by atomic mass is 9.98. The third-order valence-electron chi connectivity index (χ3n) is 3.50. The van der Waals surface area contributed by atoms with Gasteiger partial charge in [-0.3, -0.25) is 15.0 Å². The van der Waals surface area contributed by atoms with Gasteiger partial charge in [-0.15, -0.1) is 0 Å². The topological polar surface area (TPSA) is 86.8 Å². The number of phenols is 1. The van der Waals surface area contributed by atoms with Crippen LogP contribution in [0.4, 0.5) is 5.69 Å². The molecule has 0 aliphatic carbocycles. The Morgan fingerprint density at radius 1 is 1.47 bits per heavy atom. The summed E-state index contributed by atoms with van der Waals surface area (Å²) in [6, 6.07) is 4.48. The number of nitrogens with zero attached hydrogens (tertiary/aromatic N) is 2. The summed E-state index contributed by atoms with van der Waals surface area (Å²) < 4.78 is 0. The van der Waals surface area contributed by atoms with Gasteiger partial charge >= 0.3 is 5.69 Å². The predicted octanol–water partition coefficient (Wildman–Crippen LogP) is 1.50. The molecular formula is C13H18N2O4. The zero-order chi connectivity index (χ0) is 13.8. The third kappa shape index (κ3) is 3.42. The number of nitro benzene ring substituents is 1. The van der Waals surface area contributed by atoms with E-state index in [0.717, 1.165) is 31.5 Å². The Morgan fingerprint density at radius 3 is 2.95 bits per heavy atom. The first kappa shape index (κ1) is 13.8. The number of likely N-dealkylation sites (tertiary alicyclic amines) is 1. The third-order valence-corrected chi connectivity index (χ3v) is 3.50. The van der Waals surface area contributed by atoms with E-state index in [1.165, 1.54) is 12.1 Å². The van der Waals surface area contributed by atoms with Crippen LogP contribution in [0.2, 0.25) is 0 Å². The Kier molecular flexibility index (Phi) is 4.34. The van der Waals surface area contributed by atoms with E-state index in [-0.39, 0.29) is 18.0 Å². The van der Waals surface area contributed by atoms with Crippen LogP contribution in [0, 0.1) is 16.0 Å². The molecule has 1 aliphatic rings. The fourth-order valence-electron chi connectivity index (χ4n) is 2.52. The molecule has 0 radical (unpaired) electrons. The van der Waals surface area contributed by atoms with Crippen LogP contribution < -0.4 is 0 Å². The number of hydrogen-bond donors (Lipinski definition) is 2. The number of aliphatic hydroxyl groups excluding tert-OH is 1. The van der Waals surface area contributed by atoms with Gasteiger partial charge < -0.3 is 10.2 Å². The van der Waals surface area contributed by atoms with Crippen molar-refractivity contribution in [3.8, 4) is 5.75 Å². The Hall–Kier alpha value is -1.66. The lowest BCUT2D eigenvalue weighted by Gasteiger charge is -2.31. The van der Waals surface area contributed by atoms with E-state index in [4.69, 9.17) is 0 Å². The molecule has 0 saturated carbocycles. The van der Waals surface area contributed by atoms with Gasteiger partial charge in [0, 0.05) is 25.8 Å². The zero-order valence-electron chi connectivity index (χ0n) is 10.7. The highest BCUT2D eigenvalue weighted by Gasteiger charge is 2.20. The number of hydrogen-bond acceptors (Lipinski definition) is 5. The summed E-state index contributed by atoms with van der Waals surface area (Å²) in [6.07, 6.45) is 2.06. The smallest absolute Gasteiger partial charge is 0.311 e. The van der Waals surface area contributed by atoms with Crippen molar-refractivity contribution in [1.82, 2.24) is 4.90 Å². The molecule has 6 heteroatoms. The Labute approximate surface area is 111 Å². The normalized spacial score (nSPS) is 20.4. The van der Waals surface area contributed by atoms with E-state index < -0.39 is 4.92 Å². The highest BCUT2D eigenvalue weighted by molar-refractivity contribution is 5.47. The van der Waals surface area contributed by atoms with E-state index in [1.54, 1.807) is 6.07 Å². The van der Waals surface area contributed by atoms with Crippen LogP contribution in [0.5, 0.6) is 5.75 Å². The standard InChI is InChI=1S/C13H18N2O4/c16-9-11-2-1-5-14(8-11)7-10-3-4-13(17)12(6-10)15(18)19/h3-4,6,11,16-17H,1-2,5,7-9H2/t11-/m1/s1. The second-order valence-corrected chi connectivity index (χ2v) is 5.01. The maximum absolute atomic E-state index is 10.8. The monoisotopic (exact) mass is 266 g/mol. The van der Waals surface area contributed by atoms with Crippen LogP contribution in [-0.4, -0.2) is 39.7 Å². The molecule has 2 rings (SSSR count). The van der Waals surface area contributed by atoms with Crippen LogP contribution >= 0.6 is 0 Å². The Bertz CT molecular complexity index is 464. The van der Waals surface area contributed by atoms with Gasteiger partial charge in [0.2, 0.25) is 0 Å². The van der Waals surface area contributed by atoms with Crippen LogP contribution in [0.1, 0.15) is 18.4 Å². The highest BCUT2D eigenvalue weighted by Crippen LogP contribution is 2.27. The van der Waals surface area contributed by atoms with Crippen molar-refractivity contribution in [2.24, 2.45) is 5.92 Å². The van der Waals surface area contributed by atoms with Gasteiger partial charge in [-0.05, 0) is 36.9 Å². The minimum absolute atomic E-state index is 0.187. The first-order chi connectivity index (χ1) is 9.10. The minimum Gasteiger partial charge on any atom is -0.502 e. The molecular weight excluding hydrogens is 248 g/mol. The van der Waals surface area contributed by atoms with Crippen molar-refractivity contribution in [1.29, 1.82) is 0 Å². The number of rotatable bonds is 4. The summed E-state index contributed by atoms with van der Waals surface area (Å²) in [7, 11) is 0. The number of nitro groups is 1. The van der Waals surface area contributed by atoms with Gasteiger partial charge in [0.15, 0.2) is 5.75 Å². The van der Waals surface area contributed by atoms with Crippen molar-refractivity contribution in [2.75, 3.05) is 19.7 Å². The molecule has 1 fully saturated rings. The van der Waals surface area contributed by atoms with Crippen LogP contribution in [0.15, 0.2) is 18.2 Å². The van der Waals surface area contributed by atoms with Crippen molar-refractivity contribution in [2.45, 2.75) is 19.4 Å². The van der Waals surface area contributed by atoms with Crippen molar-refractivity contribution in [3.63, 3.8) is 0 Å². The first-order valence-corrected chi connectivity index (χ1v) is 6.39. The molecule has 0 unspecified atom stereocenters. The van der Waals surface area contributed by atoms with E-state index in [1.807, 2.05) is 0 Å². The summed E-state index contributed by atoms with van der Waals surface area (Å²) in [5.74, 6) is -0.0125. The largest absolute Gasteiger partial charge is 0.502 e. The summed E-state index contributed by atoms with van der Waals surface area (Å²) in [6.45, 7) is 2.54. The summed E-state index contributed by atoms with van der Waals surface area (Å²) in [4.78, 5) is 12.4. The molecule has 104 valence electrons. The molecule has 0 amide bonds. The summed E-state index contributed by atoms with van der Waals surface area (Å²) in [5.41, 5.74) is 0.552. The first-order valence-electron chi connectivity index (χ1n) is 6.39. The lowest BCUT2D eigenvalue weighted by Crippen LogP contribution is -2.36. The molecule has 0 spiro atoms. The fourth-order valence-corrected chi connectivity index (χ4v) is 2.52. The fraction of sp³-hybridized carbons (Fsp3) is 0.538. The number of aliphatic hydroxyl groups is 1. The molecule has 1 atom stereocenters. The molecule has 1 aromatic carbocycles. The summed E-state index contributed by atoms with van der Waals surface area (Å²) >= 11 is 0. The van der Waals surface area contributed by atoms with Crippen LogP contribution in [0.3, 0.4) is 0 Å². The van der Waals surface area contributed by atoms with E-state index in [9.17, 15) is 20.3 Å². The van der Waals surface area contributed by atoms with Crippen LogP contribution in [-0.2, 0) is 6.54 Å². The Morgan fingerprint density at radius 2 is 2.26 bits per heavy atom. The van der Waals surface area contributed by atoms with E-state index in [0.29, 0.717) is 12.5 Å². The van der Waals surface area contributed by atoms with Gasteiger partial charge in [0.05, 0.1) is 4.92 Å². The molecule has 2 N–H and O–H groups in total. The Balaban J connectivity index is 2.06. The van der Waals surface area contributed by atoms with Crippen LogP contribution in [0.25, 0.3) is 0 Å². The average molecular weight is 266 g/mol. The molecule has 6 nitrogen and oxygen atoms in total. The molecule has 19 heavy (non-hydrogen) atoms. The quantitative estimate of drug-likeness (QED) is 0.637. The number of phenolic OH excluding ortho intramolecular Hbond substituents is 1. The van der Waals surface area contributed by atoms with Gasteiger partial charge in [-0.2, -0.15) is 0 Å². The number of aromatic hydroxyl groups is 1. The SMILES string of the molecule is O=[N+]([O-])c1cc(CN2CCC[C@@H](CO)C2)ccc1O. The predicted molar refractivity (Wildman–Crippen MR) is 69.8 cm³/mol. The molecule has 1 heterocycles. The average Bonchev–Trinajstić information content (AvgIpc) is 2.41. The number of benzene rings is 1. The molecule has 1 saturated heterocycles. The van der Waals surface area contributed by atoms with Gasteiger partial charge in [-0.25, -0.2) is 0 Å². The maximum atomic E-state index is 10.8. The highest BCUT2D eigenvalue weighted by atomic mass is 16.6. The number of piperidine rings is 1. The summed E-state index contributed by atoms with van der Waals surface area (Å²) in [5, 5.41) is 29.3. The second kappa shape index (κ2) is 5.99. The van der Waals surface area contributed by atoms with E-state index in [2.05, 4.69) is 4.90 Å². The van der Waals surface area contributed by atoms with E-state index >= 15 is 0 Å². The molecule has 1 aromatic rings. The molecule has 0 bridgehead atoms.